The molecule has 0 aliphatic heterocycles. The number of amides is 1. The zero-order valence-electron chi connectivity index (χ0n) is 11.5. The van der Waals surface area contributed by atoms with Crippen LogP contribution < -0.4 is 11.1 Å². The zero-order chi connectivity index (χ0) is 15.1. The van der Waals surface area contributed by atoms with Gasteiger partial charge in [-0.25, -0.2) is 0 Å². The van der Waals surface area contributed by atoms with E-state index in [1.807, 2.05) is 30.3 Å². The molecule has 2 aromatic rings. The smallest absolute Gasteiger partial charge is 0.226 e. The van der Waals surface area contributed by atoms with Gasteiger partial charge >= 0.3 is 0 Å². The normalized spacial score (nSPS) is 10.3. The zero-order valence-corrected chi connectivity index (χ0v) is 12.3. The minimum absolute atomic E-state index is 0.144. The maximum absolute atomic E-state index is 11.8. The van der Waals surface area contributed by atoms with E-state index in [1.54, 1.807) is 18.2 Å². The highest BCUT2D eigenvalue weighted by molar-refractivity contribution is 6.34. The molecule has 0 spiro atoms. The van der Waals surface area contributed by atoms with Crippen molar-refractivity contribution in [2.24, 2.45) is 0 Å². The van der Waals surface area contributed by atoms with Gasteiger partial charge in [0.2, 0.25) is 5.91 Å². The topological polar surface area (TPSA) is 64.3 Å². The summed E-state index contributed by atoms with van der Waals surface area (Å²) in [6.07, 6.45) is 0.271. The van der Waals surface area contributed by atoms with Crippen molar-refractivity contribution in [2.45, 2.75) is 13.0 Å². The number of rotatable bonds is 6. The number of benzene rings is 2. The van der Waals surface area contributed by atoms with Crippen molar-refractivity contribution in [3.8, 4) is 0 Å². The predicted molar refractivity (Wildman–Crippen MR) is 85.2 cm³/mol. The van der Waals surface area contributed by atoms with Crippen molar-refractivity contribution in [1.82, 2.24) is 0 Å². The van der Waals surface area contributed by atoms with Gasteiger partial charge in [-0.3, -0.25) is 4.79 Å². The van der Waals surface area contributed by atoms with Crippen LogP contribution in [0.1, 0.15) is 12.0 Å². The number of carbonyl (C=O) groups is 1. The van der Waals surface area contributed by atoms with E-state index in [1.165, 1.54) is 0 Å². The van der Waals surface area contributed by atoms with Gasteiger partial charge in [0.05, 0.1) is 30.3 Å². The van der Waals surface area contributed by atoms with Gasteiger partial charge in [0, 0.05) is 5.69 Å². The van der Waals surface area contributed by atoms with Crippen molar-refractivity contribution in [2.75, 3.05) is 17.7 Å². The fourth-order valence-corrected chi connectivity index (χ4v) is 2.01. The summed E-state index contributed by atoms with van der Waals surface area (Å²) in [5.74, 6) is -0.144. The summed E-state index contributed by atoms with van der Waals surface area (Å²) in [6.45, 7) is 0.851. The van der Waals surface area contributed by atoms with E-state index in [0.29, 0.717) is 29.6 Å². The van der Waals surface area contributed by atoms with Gasteiger partial charge in [-0.05, 0) is 23.8 Å². The molecule has 0 saturated carbocycles. The Bertz CT molecular complexity index is 602. The minimum Gasteiger partial charge on any atom is -0.399 e. The molecule has 0 aliphatic rings. The molecule has 1 amide bonds. The fraction of sp³-hybridized carbons (Fsp3) is 0.188. The summed E-state index contributed by atoms with van der Waals surface area (Å²) < 4.78 is 5.46. The molecular weight excluding hydrogens is 288 g/mol. The molecule has 2 aromatic carbocycles. The first kappa shape index (κ1) is 15.4. The van der Waals surface area contributed by atoms with E-state index in [2.05, 4.69) is 5.32 Å². The molecule has 0 aliphatic carbocycles. The van der Waals surface area contributed by atoms with Crippen LogP contribution in [-0.4, -0.2) is 12.5 Å². The number of nitrogen functional groups attached to an aromatic ring is 1. The Hall–Kier alpha value is -2.04. The van der Waals surface area contributed by atoms with Crippen molar-refractivity contribution in [3.63, 3.8) is 0 Å². The Kier molecular flexibility index (Phi) is 5.60. The monoisotopic (exact) mass is 304 g/mol. The molecule has 21 heavy (non-hydrogen) atoms. The van der Waals surface area contributed by atoms with E-state index < -0.39 is 0 Å². The van der Waals surface area contributed by atoms with Crippen molar-refractivity contribution >= 4 is 28.9 Å². The second-order valence-corrected chi connectivity index (χ2v) is 4.98. The van der Waals surface area contributed by atoms with Crippen LogP contribution in [-0.2, 0) is 16.1 Å². The van der Waals surface area contributed by atoms with Crippen LogP contribution in [0.2, 0.25) is 5.02 Å². The molecule has 0 atom stereocenters. The predicted octanol–water partition coefficient (Wildman–Crippen LogP) is 3.47. The summed E-state index contributed by atoms with van der Waals surface area (Å²) in [5, 5.41) is 3.15. The van der Waals surface area contributed by atoms with Gasteiger partial charge < -0.3 is 15.8 Å². The largest absolute Gasteiger partial charge is 0.399 e. The molecule has 4 nitrogen and oxygen atoms in total. The molecule has 0 aromatic heterocycles. The van der Waals surface area contributed by atoms with Crippen LogP contribution in [0.4, 0.5) is 11.4 Å². The van der Waals surface area contributed by atoms with Crippen molar-refractivity contribution in [1.29, 1.82) is 0 Å². The lowest BCUT2D eigenvalue weighted by atomic mass is 10.2. The highest BCUT2D eigenvalue weighted by atomic mass is 35.5. The summed E-state index contributed by atoms with van der Waals surface area (Å²) in [5.41, 5.74) is 7.79. The van der Waals surface area contributed by atoms with E-state index in [0.717, 1.165) is 5.56 Å². The maximum atomic E-state index is 11.8. The van der Waals surface area contributed by atoms with Gasteiger partial charge in [0.25, 0.3) is 0 Å². The van der Waals surface area contributed by atoms with Gasteiger partial charge in [0.1, 0.15) is 0 Å². The molecule has 0 saturated heterocycles. The van der Waals surface area contributed by atoms with Crippen LogP contribution in [0.15, 0.2) is 48.5 Å². The van der Waals surface area contributed by atoms with Crippen LogP contribution in [0.5, 0.6) is 0 Å². The number of carbonyl (C=O) groups excluding carboxylic acids is 1. The molecule has 0 bridgehead atoms. The summed E-state index contributed by atoms with van der Waals surface area (Å²) >= 11 is 5.99. The first-order valence-electron chi connectivity index (χ1n) is 6.61. The summed E-state index contributed by atoms with van der Waals surface area (Å²) in [6, 6.07) is 14.8. The minimum atomic E-state index is -0.144. The Labute approximate surface area is 128 Å². The number of ether oxygens (including phenoxy) is 1. The van der Waals surface area contributed by atoms with Crippen LogP contribution >= 0.6 is 11.6 Å². The third kappa shape index (κ3) is 5.10. The maximum Gasteiger partial charge on any atom is 0.226 e. The van der Waals surface area contributed by atoms with Crippen molar-refractivity contribution < 1.29 is 9.53 Å². The molecule has 5 heteroatoms. The number of halogens is 1. The Morgan fingerprint density at radius 1 is 1.19 bits per heavy atom. The Morgan fingerprint density at radius 3 is 2.67 bits per heavy atom. The van der Waals surface area contributed by atoms with E-state index in [-0.39, 0.29) is 12.3 Å². The molecule has 2 rings (SSSR count). The van der Waals surface area contributed by atoms with Gasteiger partial charge in [-0.2, -0.15) is 0 Å². The molecule has 0 fully saturated rings. The van der Waals surface area contributed by atoms with Crippen LogP contribution in [0, 0.1) is 0 Å². The number of hydrogen-bond acceptors (Lipinski definition) is 3. The third-order valence-electron chi connectivity index (χ3n) is 2.85. The second kappa shape index (κ2) is 7.67. The quantitative estimate of drug-likeness (QED) is 0.634. The summed E-state index contributed by atoms with van der Waals surface area (Å²) in [4.78, 5) is 11.8. The van der Waals surface area contributed by atoms with Gasteiger partial charge in [-0.15, -0.1) is 0 Å². The Balaban J connectivity index is 1.72. The lowest BCUT2D eigenvalue weighted by molar-refractivity contribution is -0.117. The molecule has 0 heterocycles. The molecular formula is C16H17ClN2O2. The number of nitrogens with one attached hydrogen (secondary N) is 1. The first-order chi connectivity index (χ1) is 10.1. The highest BCUT2D eigenvalue weighted by Crippen LogP contribution is 2.24. The number of hydrogen-bond donors (Lipinski definition) is 2. The van der Waals surface area contributed by atoms with Crippen LogP contribution in [0.3, 0.4) is 0 Å². The van der Waals surface area contributed by atoms with E-state index in [9.17, 15) is 4.79 Å². The molecule has 110 valence electrons. The summed E-state index contributed by atoms with van der Waals surface area (Å²) in [7, 11) is 0. The average molecular weight is 305 g/mol. The first-order valence-corrected chi connectivity index (χ1v) is 6.99. The van der Waals surface area contributed by atoms with Gasteiger partial charge in [0.15, 0.2) is 0 Å². The standard InChI is InChI=1S/C16H17ClN2O2/c17-14-10-13(18)6-7-15(14)19-16(20)8-9-21-11-12-4-2-1-3-5-12/h1-7,10H,8-9,11,18H2,(H,19,20). The highest BCUT2D eigenvalue weighted by Gasteiger charge is 2.06. The van der Waals surface area contributed by atoms with E-state index >= 15 is 0 Å². The van der Waals surface area contributed by atoms with Crippen LogP contribution in [0.25, 0.3) is 0 Å². The average Bonchev–Trinajstić information content (AvgIpc) is 2.48. The number of nitrogens with two attached hydrogens (primary N) is 1. The van der Waals surface area contributed by atoms with Gasteiger partial charge in [-0.1, -0.05) is 41.9 Å². The molecule has 3 N–H and O–H groups in total. The SMILES string of the molecule is Nc1ccc(NC(=O)CCOCc2ccccc2)c(Cl)c1. The van der Waals surface area contributed by atoms with E-state index in [4.69, 9.17) is 22.1 Å². The lowest BCUT2D eigenvalue weighted by Crippen LogP contribution is -2.14. The third-order valence-corrected chi connectivity index (χ3v) is 3.16. The second-order valence-electron chi connectivity index (χ2n) is 4.58. The lowest BCUT2D eigenvalue weighted by Gasteiger charge is -2.08. The van der Waals surface area contributed by atoms with Crippen molar-refractivity contribution in [3.05, 3.63) is 59.1 Å². The molecule has 0 radical (unpaired) electrons. The fourth-order valence-electron chi connectivity index (χ4n) is 1.77. The number of anilines is 2. The molecule has 0 unspecified atom stereocenters. The Morgan fingerprint density at radius 2 is 1.95 bits per heavy atom.